The highest BCUT2D eigenvalue weighted by molar-refractivity contribution is 6.62. The van der Waals surface area contributed by atoms with Crippen molar-refractivity contribution in [2.24, 2.45) is 5.92 Å². The summed E-state index contributed by atoms with van der Waals surface area (Å²) in [5.41, 5.74) is 0.296. The van der Waals surface area contributed by atoms with Crippen LogP contribution in [0.1, 0.15) is 62.3 Å². The van der Waals surface area contributed by atoms with Gasteiger partial charge in [-0.15, -0.1) is 0 Å². The van der Waals surface area contributed by atoms with Crippen molar-refractivity contribution in [1.82, 2.24) is 0 Å². The minimum Gasteiger partial charge on any atom is -0.371 e. The minimum absolute atomic E-state index is 0.121. The molecule has 0 fully saturated rings. The van der Waals surface area contributed by atoms with E-state index in [1.54, 1.807) is 0 Å². The Balaban J connectivity index is 5.23. The third-order valence-corrected chi connectivity index (χ3v) is 6.94. The maximum Gasteiger partial charge on any atom is 0.504 e. The summed E-state index contributed by atoms with van der Waals surface area (Å²) in [6.07, 6.45) is 0.362. The highest BCUT2D eigenvalue weighted by Crippen LogP contribution is 2.34. The Morgan fingerprint density at radius 1 is 0.556 bits per heavy atom. The third-order valence-electron chi connectivity index (χ3n) is 2.76. The molecule has 0 N–H and O–H groups in total. The summed E-state index contributed by atoms with van der Waals surface area (Å²) in [6, 6.07) is 0. The van der Waals surface area contributed by atoms with Crippen molar-refractivity contribution in [3.05, 3.63) is 0 Å². The van der Waals surface area contributed by atoms with Crippen LogP contribution in [0, 0.1) is 5.92 Å². The molecule has 0 spiro atoms. The topological polar surface area (TPSA) is 27.7 Å². The molecular formula is C14H32O3Si. The Kier molecular flexibility index (Phi) is 7.67. The van der Waals surface area contributed by atoms with Crippen molar-refractivity contribution in [2.45, 2.75) is 86.2 Å². The molecule has 0 saturated heterocycles. The lowest BCUT2D eigenvalue weighted by Gasteiger charge is -2.39. The van der Waals surface area contributed by atoms with Crippen LogP contribution in [0.2, 0.25) is 5.54 Å². The van der Waals surface area contributed by atoms with Crippen LogP contribution >= 0.6 is 0 Å². The van der Waals surface area contributed by atoms with Gasteiger partial charge in [-0.1, -0.05) is 20.8 Å². The van der Waals surface area contributed by atoms with E-state index in [-0.39, 0.29) is 18.3 Å². The number of rotatable bonds is 8. The monoisotopic (exact) mass is 276 g/mol. The summed E-state index contributed by atoms with van der Waals surface area (Å²) in [5, 5.41) is 0. The van der Waals surface area contributed by atoms with Crippen molar-refractivity contribution in [3.8, 4) is 0 Å². The SMILES string of the molecule is CC(C)O[Si](OC(C)C)(OC(C)C)C(C)C(C)C. The van der Waals surface area contributed by atoms with Gasteiger partial charge in [-0.3, -0.25) is 0 Å². The van der Waals surface area contributed by atoms with Crippen LogP contribution < -0.4 is 0 Å². The first-order valence-electron chi connectivity index (χ1n) is 7.14. The van der Waals surface area contributed by atoms with Gasteiger partial charge in [-0.2, -0.15) is 0 Å². The molecule has 18 heavy (non-hydrogen) atoms. The average molecular weight is 276 g/mol. The predicted octanol–water partition coefficient (Wildman–Crippen LogP) is 4.25. The van der Waals surface area contributed by atoms with Crippen molar-refractivity contribution in [1.29, 1.82) is 0 Å². The van der Waals surface area contributed by atoms with Gasteiger partial charge in [0.1, 0.15) is 0 Å². The van der Waals surface area contributed by atoms with E-state index >= 15 is 0 Å². The van der Waals surface area contributed by atoms with Crippen LogP contribution in [0.15, 0.2) is 0 Å². The first-order valence-corrected chi connectivity index (χ1v) is 8.94. The number of hydrogen-bond acceptors (Lipinski definition) is 3. The summed E-state index contributed by atoms with van der Waals surface area (Å²) < 4.78 is 18.5. The molecule has 4 heteroatoms. The summed E-state index contributed by atoms with van der Waals surface area (Å²) in [5.74, 6) is 0.480. The lowest BCUT2D eigenvalue weighted by atomic mass is 10.1. The van der Waals surface area contributed by atoms with Gasteiger partial charge in [0.2, 0.25) is 0 Å². The number of hydrogen-bond donors (Lipinski definition) is 0. The molecule has 0 radical (unpaired) electrons. The Hall–Kier alpha value is 0.0969. The van der Waals surface area contributed by atoms with Gasteiger partial charge >= 0.3 is 8.80 Å². The van der Waals surface area contributed by atoms with E-state index < -0.39 is 8.80 Å². The first-order chi connectivity index (χ1) is 8.10. The molecule has 0 aliphatic carbocycles. The molecule has 1 atom stereocenters. The average Bonchev–Trinajstić information content (AvgIpc) is 2.12. The fourth-order valence-corrected chi connectivity index (χ4v) is 5.40. The van der Waals surface area contributed by atoms with Crippen molar-refractivity contribution in [3.63, 3.8) is 0 Å². The summed E-state index contributed by atoms with van der Waals surface area (Å²) in [6.45, 7) is 18.8. The lowest BCUT2D eigenvalue weighted by Crippen LogP contribution is -2.54. The Morgan fingerprint density at radius 2 is 0.833 bits per heavy atom. The molecule has 0 saturated carbocycles. The summed E-state index contributed by atoms with van der Waals surface area (Å²) in [7, 11) is -2.65. The largest absolute Gasteiger partial charge is 0.504 e. The second-order valence-electron chi connectivity index (χ2n) is 6.14. The van der Waals surface area contributed by atoms with Gasteiger partial charge < -0.3 is 13.3 Å². The molecule has 0 aliphatic rings. The molecule has 0 rings (SSSR count). The Morgan fingerprint density at radius 3 is 1.00 bits per heavy atom. The van der Waals surface area contributed by atoms with Crippen LogP contribution in [0.25, 0.3) is 0 Å². The van der Waals surface area contributed by atoms with Gasteiger partial charge in [0.05, 0.1) is 0 Å². The van der Waals surface area contributed by atoms with Crippen LogP contribution in [-0.4, -0.2) is 27.1 Å². The minimum atomic E-state index is -2.65. The molecule has 3 nitrogen and oxygen atoms in total. The zero-order valence-electron chi connectivity index (χ0n) is 13.6. The zero-order chi connectivity index (χ0) is 14.5. The van der Waals surface area contributed by atoms with Crippen molar-refractivity contribution >= 4 is 8.80 Å². The predicted molar refractivity (Wildman–Crippen MR) is 78.7 cm³/mol. The third kappa shape index (κ3) is 5.82. The molecule has 0 aromatic carbocycles. The van der Waals surface area contributed by atoms with Gasteiger partial charge in [-0.25, -0.2) is 0 Å². The first kappa shape index (κ1) is 18.1. The molecule has 0 heterocycles. The van der Waals surface area contributed by atoms with Crippen LogP contribution in [0.5, 0.6) is 0 Å². The van der Waals surface area contributed by atoms with Gasteiger partial charge in [0.25, 0.3) is 0 Å². The second-order valence-corrected chi connectivity index (χ2v) is 8.96. The van der Waals surface area contributed by atoms with E-state index in [1.807, 2.05) is 41.5 Å². The van der Waals surface area contributed by atoms with Crippen LogP contribution in [0.3, 0.4) is 0 Å². The molecular weight excluding hydrogens is 244 g/mol. The smallest absolute Gasteiger partial charge is 0.371 e. The fourth-order valence-electron chi connectivity index (χ4n) is 1.80. The van der Waals surface area contributed by atoms with Gasteiger partial charge in [-0.05, 0) is 47.5 Å². The van der Waals surface area contributed by atoms with Crippen LogP contribution in [0.4, 0.5) is 0 Å². The van der Waals surface area contributed by atoms with E-state index in [0.717, 1.165) is 0 Å². The van der Waals surface area contributed by atoms with Crippen molar-refractivity contribution < 1.29 is 13.3 Å². The maximum absolute atomic E-state index is 6.18. The van der Waals surface area contributed by atoms with Gasteiger partial charge in [0, 0.05) is 23.9 Å². The highest BCUT2D eigenvalue weighted by Gasteiger charge is 2.50. The van der Waals surface area contributed by atoms with Gasteiger partial charge in [0.15, 0.2) is 0 Å². The van der Waals surface area contributed by atoms with E-state index in [0.29, 0.717) is 11.5 Å². The maximum atomic E-state index is 6.18. The summed E-state index contributed by atoms with van der Waals surface area (Å²) in [4.78, 5) is 0. The molecule has 0 amide bonds. The van der Waals surface area contributed by atoms with E-state index in [9.17, 15) is 0 Å². The quantitative estimate of drug-likeness (QED) is 0.620. The second kappa shape index (κ2) is 7.63. The summed E-state index contributed by atoms with van der Waals surface area (Å²) >= 11 is 0. The van der Waals surface area contributed by atoms with E-state index in [1.165, 1.54) is 0 Å². The molecule has 0 aromatic heterocycles. The fraction of sp³-hybridized carbons (Fsp3) is 1.00. The van der Waals surface area contributed by atoms with E-state index in [4.69, 9.17) is 13.3 Å². The van der Waals surface area contributed by atoms with Crippen molar-refractivity contribution in [2.75, 3.05) is 0 Å². The molecule has 0 aromatic rings. The lowest BCUT2D eigenvalue weighted by molar-refractivity contribution is -0.00723. The normalized spacial score (nSPS) is 15.2. The van der Waals surface area contributed by atoms with E-state index in [2.05, 4.69) is 20.8 Å². The molecule has 0 aliphatic heterocycles. The Labute approximate surface area is 115 Å². The standard InChI is InChI=1S/C14H32O3Si/c1-10(2)14(9)18(15-11(3)4,16-12(5)6)17-13(7)8/h10-14H,1-9H3. The van der Waals surface area contributed by atoms with Crippen LogP contribution in [-0.2, 0) is 13.3 Å². The molecule has 1 unspecified atom stereocenters. The molecule has 110 valence electrons. The molecule has 0 bridgehead atoms. The zero-order valence-corrected chi connectivity index (χ0v) is 14.6. The highest BCUT2D eigenvalue weighted by atomic mass is 28.4. The Bertz CT molecular complexity index is 201.